The van der Waals surface area contributed by atoms with Crippen LogP contribution in [-0.2, 0) is 0 Å². The lowest BCUT2D eigenvalue weighted by molar-refractivity contribution is -0.385. The van der Waals surface area contributed by atoms with Crippen LogP contribution in [0.3, 0.4) is 0 Å². The summed E-state index contributed by atoms with van der Waals surface area (Å²) in [6, 6.07) is 4.17. The first-order valence-corrected chi connectivity index (χ1v) is 4.28. The molecule has 0 unspecified atom stereocenters. The number of nitrogens with one attached hydrogen (secondary N) is 1. The normalized spacial score (nSPS) is 9.67. The van der Waals surface area contributed by atoms with E-state index in [1.165, 1.54) is 18.2 Å². The van der Waals surface area contributed by atoms with Crippen LogP contribution in [0.5, 0.6) is 5.75 Å². The molecule has 80 valence electrons. The van der Waals surface area contributed by atoms with Gasteiger partial charge in [-0.1, -0.05) is 17.7 Å². The summed E-state index contributed by atoms with van der Waals surface area (Å²) in [5.41, 5.74) is 4.82. The first kappa shape index (κ1) is 11.3. The van der Waals surface area contributed by atoms with Crippen molar-refractivity contribution in [3.63, 3.8) is 0 Å². The fourth-order valence-electron chi connectivity index (χ4n) is 0.934. The molecule has 3 N–H and O–H groups in total. The summed E-state index contributed by atoms with van der Waals surface area (Å²) < 4.78 is 4.97. The number of hydrogen-bond acceptors (Lipinski definition) is 4. The van der Waals surface area contributed by atoms with Crippen molar-refractivity contribution in [2.75, 3.05) is 6.61 Å². The second kappa shape index (κ2) is 4.61. The molecule has 0 amide bonds. The molecule has 0 atom stereocenters. The van der Waals surface area contributed by atoms with Gasteiger partial charge in [-0.25, -0.2) is 0 Å². The topological polar surface area (TPSA) is 102 Å². The minimum absolute atomic E-state index is 0.0700. The molecule has 0 bridgehead atoms. The van der Waals surface area contributed by atoms with Gasteiger partial charge < -0.3 is 10.5 Å². The van der Waals surface area contributed by atoms with Crippen LogP contribution in [0.4, 0.5) is 5.69 Å². The Morgan fingerprint density at radius 3 is 2.87 bits per heavy atom. The van der Waals surface area contributed by atoms with Crippen LogP contribution in [0.1, 0.15) is 0 Å². The van der Waals surface area contributed by atoms with Crippen LogP contribution in [0.2, 0.25) is 5.02 Å². The van der Waals surface area contributed by atoms with Gasteiger partial charge in [0, 0.05) is 6.07 Å². The van der Waals surface area contributed by atoms with Crippen molar-refractivity contribution in [3.05, 3.63) is 33.3 Å². The fourth-order valence-corrected chi connectivity index (χ4v) is 1.16. The van der Waals surface area contributed by atoms with Gasteiger partial charge in [0.2, 0.25) is 5.75 Å². The maximum absolute atomic E-state index is 10.6. The summed E-state index contributed by atoms with van der Waals surface area (Å²) in [4.78, 5) is 9.99. The van der Waals surface area contributed by atoms with Crippen molar-refractivity contribution in [3.8, 4) is 5.75 Å². The van der Waals surface area contributed by atoms with E-state index in [4.69, 9.17) is 27.5 Å². The maximum Gasteiger partial charge on any atom is 0.312 e. The van der Waals surface area contributed by atoms with E-state index in [1.807, 2.05) is 0 Å². The Hall–Kier alpha value is -1.82. The van der Waals surface area contributed by atoms with E-state index < -0.39 is 4.92 Å². The molecule has 0 radical (unpaired) electrons. The third-order valence-corrected chi connectivity index (χ3v) is 1.81. The van der Waals surface area contributed by atoms with Crippen molar-refractivity contribution in [1.82, 2.24) is 0 Å². The second-order valence-electron chi connectivity index (χ2n) is 2.66. The van der Waals surface area contributed by atoms with Crippen LogP contribution in [-0.4, -0.2) is 17.4 Å². The Kier molecular flexibility index (Phi) is 3.46. The maximum atomic E-state index is 10.6. The first-order chi connectivity index (χ1) is 7.02. The molecule has 1 aromatic rings. The van der Waals surface area contributed by atoms with E-state index in [0.29, 0.717) is 0 Å². The number of amidine groups is 1. The molecule has 0 aliphatic heterocycles. The van der Waals surface area contributed by atoms with Gasteiger partial charge in [-0.2, -0.15) is 0 Å². The molecule has 0 aliphatic carbocycles. The molecule has 0 saturated carbocycles. The summed E-state index contributed by atoms with van der Waals surface area (Å²) in [6.07, 6.45) is 0. The number of nitrogens with two attached hydrogens (primary N) is 1. The molecule has 6 nitrogen and oxygen atoms in total. The number of nitro groups is 1. The number of nitro benzene ring substituents is 1. The molecule has 1 aromatic carbocycles. The summed E-state index contributed by atoms with van der Waals surface area (Å²) in [7, 11) is 0. The Labute approximate surface area is 90.3 Å². The van der Waals surface area contributed by atoms with E-state index in [0.717, 1.165) is 0 Å². The van der Waals surface area contributed by atoms with Gasteiger partial charge in [-0.05, 0) is 6.07 Å². The van der Waals surface area contributed by atoms with E-state index in [9.17, 15) is 10.1 Å². The molecule has 0 saturated heterocycles. The predicted molar refractivity (Wildman–Crippen MR) is 55.5 cm³/mol. The van der Waals surface area contributed by atoms with Crippen molar-refractivity contribution in [2.45, 2.75) is 0 Å². The highest BCUT2D eigenvalue weighted by Gasteiger charge is 2.18. The van der Waals surface area contributed by atoms with Crippen molar-refractivity contribution < 1.29 is 9.66 Å². The Balaban J connectivity index is 3.02. The van der Waals surface area contributed by atoms with Crippen LogP contribution in [0.25, 0.3) is 0 Å². The molecule has 7 heteroatoms. The van der Waals surface area contributed by atoms with Gasteiger partial charge >= 0.3 is 5.69 Å². The van der Waals surface area contributed by atoms with E-state index in [-0.39, 0.29) is 28.9 Å². The number of nitrogens with zero attached hydrogens (tertiary/aromatic N) is 1. The molecular weight excluding hydrogens is 222 g/mol. The van der Waals surface area contributed by atoms with Crippen LogP contribution in [0, 0.1) is 15.5 Å². The number of ether oxygens (including phenoxy) is 1. The third-order valence-electron chi connectivity index (χ3n) is 1.51. The molecule has 0 aliphatic rings. The standard InChI is InChI=1S/C8H8ClN3O3/c9-5-2-1-3-6(12(13)14)8(5)15-4-7(10)11/h1-3H,4H2,(H3,10,11). The molecule has 0 spiro atoms. The zero-order chi connectivity index (χ0) is 11.4. The molecule has 0 aromatic heterocycles. The lowest BCUT2D eigenvalue weighted by Crippen LogP contribution is -2.19. The smallest absolute Gasteiger partial charge is 0.312 e. The lowest BCUT2D eigenvalue weighted by atomic mass is 10.3. The summed E-state index contributed by atoms with van der Waals surface area (Å²) >= 11 is 5.72. The van der Waals surface area contributed by atoms with Crippen molar-refractivity contribution >= 4 is 23.1 Å². The van der Waals surface area contributed by atoms with Crippen LogP contribution in [0.15, 0.2) is 18.2 Å². The Morgan fingerprint density at radius 2 is 2.33 bits per heavy atom. The minimum atomic E-state index is -0.610. The minimum Gasteiger partial charge on any atom is -0.478 e. The van der Waals surface area contributed by atoms with Crippen molar-refractivity contribution in [2.24, 2.45) is 5.73 Å². The fraction of sp³-hybridized carbons (Fsp3) is 0.125. The van der Waals surface area contributed by atoms with Crippen LogP contribution < -0.4 is 10.5 Å². The van der Waals surface area contributed by atoms with Gasteiger partial charge in [-0.15, -0.1) is 0 Å². The summed E-state index contributed by atoms with van der Waals surface area (Å²) in [5.74, 6) is -0.302. The van der Waals surface area contributed by atoms with E-state index >= 15 is 0 Å². The molecule has 15 heavy (non-hydrogen) atoms. The second-order valence-corrected chi connectivity index (χ2v) is 3.07. The zero-order valence-corrected chi connectivity index (χ0v) is 8.32. The quantitative estimate of drug-likeness (QED) is 0.354. The number of hydrogen-bond donors (Lipinski definition) is 2. The van der Waals surface area contributed by atoms with Crippen LogP contribution >= 0.6 is 11.6 Å². The monoisotopic (exact) mass is 229 g/mol. The predicted octanol–water partition coefficient (Wildman–Crippen LogP) is 1.56. The average Bonchev–Trinajstić information content (AvgIpc) is 2.15. The van der Waals surface area contributed by atoms with Gasteiger partial charge in [0.25, 0.3) is 0 Å². The summed E-state index contributed by atoms with van der Waals surface area (Å²) in [5, 5.41) is 17.6. The third kappa shape index (κ3) is 2.81. The zero-order valence-electron chi connectivity index (χ0n) is 7.57. The molecular formula is C8H8ClN3O3. The van der Waals surface area contributed by atoms with Gasteiger partial charge in [0.05, 0.1) is 9.95 Å². The molecule has 0 fully saturated rings. The van der Waals surface area contributed by atoms with Gasteiger partial charge in [0.1, 0.15) is 12.4 Å². The van der Waals surface area contributed by atoms with E-state index in [1.54, 1.807) is 0 Å². The average molecular weight is 230 g/mol. The number of rotatable bonds is 4. The Bertz CT molecular complexity index is 408. The number of para-hydroxylation sites is 1. The number of benzene rings is 1. The highest BCUT2D eigenvalue weighted by molar-refractivity contribution is 6.32. The molecule has 1 rings (SSSR count). The van der Waals surface area contributed by atoms with Gasteiger partial charge in [-0.3, -0.25) is 15.5 Å². The van der Waals surface area contributed by atoms with Gasteiger partial charge in [0.15, 0.2) is 0 Å². The highest BCUT2D eigenvalue weighted by atomic mass is 35.5. The SMILES string of the molecule is N=C(N)COc1c(Cl)cccc1[N+](=O)[O-]. The highest BCUT2D eigenvalue weighted by Crippen LogP contribution is 2.34. The van der Waals surface area contributed by atoms with E-state index in [2.05, 4.69) is 0 Å². The summed E-state index contributed by atoms with van der Waals surface area (Å²) in [6.45, 7) is -0.232. The number of halogens is 1. The molecule has 0 heterocycles. The first-order valence-electron chi connectivity index (χ1n) is 3.91. The largest absolute Gasteiger partial charge is 0.478 e. The lowest BCUT2D eigenvalue weighted by Gasteiger charge is -2.06. The Morgan fingerprint density at radius 1 is 1.67 bits per heavy atom. The van der Waals surface area contributed by atoms with Crippen molar-refractivity contribution in [1.29, 1.82) is 5.41 Å².